The lowest BCUT2D eigenvalue weighted by Crippen LogP contribution is -2.71. The number of pyridine rings is 1. The predicted molar refractivity (Wildman–Crippen MR) is 133 cm³/mol. The maximum absolute atomic E-state index is 12.7. The van der Waals surface area contributed by atoms with Crippen molar-refractivity contribution in [2.75, 3.05) is 18.6 Å². The molecule has 2 aliphatic heterocycles. The smallest absolute Gasteiger partial charge is 0.328 e. The predicted octanol–water partition coefficient (Wildman–Crippen LogP) is 2.93. The molecule has 0 atom stereocenters. The van der Waals surface area contributed by atoms with Gasteiger partial charge in [-0.2, -0.15) is 5.10 Å². The van der Waals surface area contributed by atoms with Gasteiger partial charge in [-0.05, 0) is 61.4 Å². The zero-order valence-electron chi connectivity index (χ0n) is 19.8. The first-order valence-electron chi connectivity index (χ1n) is 11.7. The van der Waals surface area contributed by atoms with Crippen LogP contribution in [-0.4, -0.2) is 51.8 Å². The minimum absolute atomic E-state index is 0.306. The molecule has 37 heavy (non-hydrogen) atoms. The monoisotopic (exact) mass is 498 g/mol. The van der Waals surface area contributed by atoms with Crippen LogP contribution >= 0.6 is 0 Å². The number of benzene rings is 2. The molecule has 186 valence electrons. The number of carbonyl (C=O) groups is 3. The molecule has 4 amide bonds. The van der Waals surface area contributed by atoms with Crippen molar-refractivity contribution in [2.45, 2.75) is 18.4 Å². The van der Waals surface area contributed by atoms with E-state index in [1.54, 1.807) is 36.5 Å². The van der Waals surface area contributed by atoms with Crippen molar-refractivity contribution in [3.8, 4) is 23.1 Å². The van der Waals surface area contributed by atoms with Crippen molar-refractivity contribution in [2.24, 2.45) is 0 Å². The molecule has 2 aromatic heterocycles. The summed E-state index contributed by atoms with van der Waals surface area (Å²) in [6.07, 6.45) is 4.25. The van der Waals surface area contributed by atoms with Gasteiger partial charge in [0.2, 0.25) is 5.88 Å². The van der Waals surface area contributed by atoms with E-state index in [4.69, 9.17) is 9.47 Å². The molecule has 4 heterocycles. The molecule has 11 nitrogen and oxygen atoms in total. The highest BCUT2D eigenvalue weighted by Crippen LogP contribution is 2.36. The number of amides is 4. The molecule has 2 saturated heterocycles. The Hall–Kier alpha value is -4.93. The van der Waals surface area contributed by atoms with Crippen LogP contribution in [0, 0.1) is 0 Å². The third kappa shape index (κ3) is 3.71. The van der Waals surface area contributed by atoms with E-state index in [1.165, 1.54) is 0 Å². The van der Waals surface area contributed by atoms with Crippen molar-refractivity contribution in [1.29, 1.82) is 0 Å². The summed E-state index contributed by atoms with van der Waals surface area (Å²) in [6.45, 7) is 0.478. The van der Waals surface area contributed by atoms with Crippen molar-refractivity contribution < 1.29 is 23.9 Å². The Morgan fingerprint density at radius 1 is 0.892 bits per heavy atom. The van der Waals surface area contributed by atoms with Crippen LogP contribution in [0.1, 0.15) is 12.8 Å². The van der Waals surface area contributed by atoms with Gasteiger partial charge in [-0.15, -0.1) is 0 Å². The molecule has 0 aliphatic carbocycles. The minimum Gasteiger partial charge on any atom is -0.497 e. The number of nitrogens with one attached hydrogen (secondary N) is 2. The van der Waals surface area contributed by atoms with E-state index >= 15 is 0 Å². The number of hydrogen-bond donors (Lipinski definition) is 2. The van der Waals surface area contributed by atoms with E-state index < -0.39 is 23.4 Å². The van der Waals surface area contributed by atoms with Crippen LogP contribution in [0.25, 0.3) is 16.6 Å². The maximum atomic E-state index is 12.7. The van der Waals surface area contributed by atoms with Gasteiger partial charge in [0.1, 0.15) is 11.5 Å². The number of aromatic nitrogens is 3. The highest BCUT2D eigenvalue weighted by Gasteiger charge is 2.57. The molecule has 2 aliphatic rings. The summed E-state index contributed by atoms with van der Waals surface area (Å²) in [6, 6.07) is 15.9. The molecule has 2 aromatic carbocycles. The molecular weight excluding hydrogens is 476 g/mol. The summed E-state index contributed by atoms with van der Waals surface area (Å²) in [5, 5.41) is 9.81. The summed E-state index contributed by atoms with van der Waals surface area (Å²) in [4.78, 5) is 42.9. The number of imide groups is 2. The fourth-order valence-corrected chi connectivity index (χ4v) is 4.90. The van der Waals surface area contributed by atoms with Crippen LogP contribution in [0.2, 0.25) is 0 Å². The largest absolute Gasteiger partial charge is 0.497 e. The number of carbonyl (C=O) groups excluding carboxylic acids is 3. The van der Waals surface area contributed by atoms with Crippen LogP contribution < -0.4 is 25.0 Å². The Morgan fingerprint density at radius 2 is 1.62 bits per heavy atom. The summed E-state index contributed by atoms with van der Waals surface area (Å²) in [5.41, 5.74) is 0.946. The Morgan fingerprint density at radius 3 is 2.32 bits per heavy atom. The average molecular weight is 498 g/mol. The lowest BCUT2D eigenvalue weighted by Gasteiger charge is -2.38. The normalized spacial score (nSPS) is 16.7. The van der Waals surface area contributed by atoms with Crippen LogP contribution in [0.5, 0.6) is 17.4 Å². The van der Waals surface area contributed by atoms with Crippen molar-refractivity contribution in [3.05, 3.63) is 67.0 Å². The van der Waals surface area contributed by atoms with Gasteiger partial charge >= 0.3 is 6.03 Å². The van der Waals surface area contributed by atoms with Crippen molar-refractivity contribution in [1.82, 2.24) is 25.4 Å². The number of rotatable bonds is 5. The standard InChI is InChI=1S/C26H22N6O5/c1-36-19-6-3-17(4-7-19)32-21-9-8-20(13-16(21)14-28-32)37-22-10-5-18(15-27-22)31-12-2-11-26(31)23(33)29-25(35)30-24(26)34/h3-10,13-15H,2,11-12H2,1H3,(H2,29,30,33,34,35). The van der Waals surface area contributed by atoms with Gasteiger partial charge in [-0.1, -0.05) is 0 Å². The SMILES string of the molecule is COc1ccc(-n2ncc3cc(Oc4ccc(N5CCCC56C(=O)NC(=O)NC6=O)cn4)ccc32)cc1. The summed E-state index contributed by atoms with van der Waals surface area (Å²) >= 11 is 0. The van der Waals surface area contributed by atoms with Gasteiger partial charge in [0.25, 0.3) is 11.8 Å². The lowest BCUT2D eigenvalue weighted by atomic mass is 9.92. The third-order valence-corrected chi connectivity index (χ3v) is 6.70. The molecule has 0 unspecified atom stereocenters. The fourth-order valence-electron chi connectivity index (χ4n) is 4.90. The second-order valence-electron chi connectivity index (χ2n) is 8.78. The van der Waals surface area contributed by atoms with E-state index in [0.29, 0.717) is 36.7 Å². The van der Waals surface area contributed by atoms with Gasteiger partial charge in [-0.3, -0.25) is 20.2 Å². The number of methoxy groups -OCH3 is 1. The molecule has 0 saturated carbocycles. The second-order valence-corrected chi connectivity index (χ2v) is 8.78. The molecule has 0 radical (unpaired) electrons. The van der Waals surface area contributed by atoms with Gasteiger partial charge < -0.3 is 14.4 Å². The Balaban J connectivity index is 1.21. The minimum atomic E-state index is -1.47. The topological polar surface area (TPSA) is 128 Å². The molecule has 11 heteroatoms. The summed E-state index contributed by atoms with van der Waals surface area (Å²) in [7, 11) is 1.63. The Bertz CT molecular complexity index is 1510. The molecule has 2 fully saturated rings. The van der Waals surface area contributed by atoms with E-state index in [-0.39, 0.29) is 0 Å². The van der Waals surface area contributed by atoms with Crippen LogP contribution in [0.15, 0.2) is 67.0 Å². The molecule has 6 rings (SSSR count). The molecular formula is C26H22N6O5. The number of anilines is 1. The summed E-state index contributed by atoms with van der Waals surface area (Å²) in [5.74, 6) is 0.468. The first-order chi connectivity index (χ1) is 18.0. The molecule has 2 N–H and O–H groups in total. The zero-order valence-corrected chi connectivity index (χ0v) is 19.8. The number of ether oxygens (including phenoxy) is 2. The number of nitrogens with zero attached hydrogens (tertiary/aromatic N) is 4. The van der Waals surface area contributed by atoms with Crippen LogP contribution in [0.4, 0.5) is 10.5 Å². The van der Waals surface area contributed by atoms with E-state index in [0.717, 1.165) is 22.3 Å². The number of fused-ring (bicyclic) bond motifs is 1. The van der Waals surface area contributed by atoms with Gasteiger partial charge in [0.05, 0.1) is 36.4 Å². The quantitative estimate of drug-likeness (QED) is 0.402. The Labute approximate surface area is 211 Å². The van der Waals surface area contributed by atoms with Crippen molar-refractivity contribution >= 4 is 34.4 Å². The van der Waals surface area contributed by atoms with Gasteiger partial charge in [0.15, 0.2) is 5.54 Å². The summed E-state index contributed by atoms with van der Waals surface area (Å²) < 4.78 is 13.0. The Kier molecular flexibility index (Phi) is 5.25. The maximum Gasteiger partial charge on any atom is 0.328 e. The van der Waals surface area contributed by atoms with E-state index in [9.17, 15) is 14.4 Å². The first-order valence-corrected chi connectivity index (χ1v) is 11.7. The average Bonchev–Trinajstić information content (AvgIpc) is 3.53. The van der Waals surface area contributed by atoms with Crippen LogP contribution in [0.3, 0.4) is 0 Å². The van der Waals surface area contributed by atoms with Crippen LogP contribution in [-0.2, 0) is 9.59 Å². The number of hydrogen-bond acceptors (Lipinski definition) is 8. The number of barbiturate groups is 1. The molecule has 4 aromatic rings. The van der Waals surface area contributed by atoms with Gasteiger partial charge in [0, 0.05) is 18.0 Å². The molecule has 1 spiro atoms. The van der Waals surface area contributed by atoms with E-state index in [1.807, 2.05) is 47.1 Å². The van der Waals surface area contributed by atoms with Gasteiger partial charge in [-0.25, -0.2) is 14.5 Å². The van der Waals surface area contributed by atoms with Crippen molar-refractivity contribution in [3.63, 3.8) is 0 Å². The zero-order chi connectivity index (χ0) is 25.6. The third-order valence-electron chi connectivity index (χ3n) is 6.70. The lowest BCUT2D eigenvalue weighted by molar-refractivity contribution is -0.137. The second kappa shape index (κ2) is 8.63. The molecule has 0 bridgehead atoms. The first kappa shape index (κ1) is 22.5. The van der Waals surface area contributed by atoms with E-state index in [2.05, 4.69) is 20.7 Å². The number of urea groups is 1. The highest BCUT2D eigenvalue weighted by molar-refractivity contribution is 6.24. The highest BCUT2D eigenvalue weighted by atomic mass is 16.5. The fraction of sp³-hybridized carbons (Fsp3) is 0.192.